The Labute approximate surface area is 194 Å². The predicted molar refractivity (Wildman–Crippen MR) is 129 cm³/mol. The summed E-state index contributed by atoms with van der Waals surface area (Å²) in [6.07, 6.45) is 0.860. The normalized spacial score (nSPS) is 16.3. The number of hydrogen-bond donors (Lipinski definition) is 2. The minimum atomic E-state index is 0. The lowest BCUT2D eigenvalue weighted by molar-refractivity contribution is 0.0177. The lowest BCUT2D eigenvalue weighted by atomic mass is 10.1. The Hall–Kier alpha value is -1.17. The molecule has 0 saturated carbocycles. The van der Waals surface area contributed by atoms with E-state index in [1.165, 1.54) is 15.3 Å². The lowest BCUT2D eigenvalue weighted by Gasteiger charge is -2.34. The number of aryl methyl sites for hydroxylation is 3. The first kappa shape index (κ1) is 24.1. The van der Waals surface area contributed by atoms with E-state index in [-0.39, 0.29) is 24.0 Å². The molecule has 1 aliphatic heterocycles. The number of ether oxygens (including phenoxy) is 1. The molecule has 162 valence electrons. The van der Waals surface area contributed by atoms with Crippen LogP contribution in [0.3, 0.4) is 0 Å². The number of thiophene rings is 1. The Bertz CT molecular complexity index is 766. The molecule has 1 fully saturated rings. The number of nitrogens with one attached hydrogen (secondary N) is 2. The van der Waals surface area contributed by atoms with Crippen molar-refractivity contribution >= 4 is 41.3 Å². The van der Waals surface area contributed by atoms with Crippen molar-refractivity contribution in [2.75, 3.05) is 46.4 Å². The van der Waals surface area contributed by atoms with Crippen molar-refractivity contribution in [3.8, 4) is 0 Å². The fourth-order valence-corrected chi connectivity index (χ4v) is 4.52. The molecule has 0 aliphatic carbocycles. The Balaban J connectivity index is 0.00000300. The van der Waals surface area contributed by atoms with Gasteiger partial charge in [-0.1, -0.05) is 5.16 Å². The van der Waals surface area contributed by atoms with Crippen LogP contribution < -0.4 is 10.6 Å². The van der Waals surface area contributed by atoms with Gasteiger partial charge in [0.1, 0.15) is 5.76 Å². The Kier molecular flexibility index (Phi) is 9.87. The summed E-state index contributed by atoms with van der Waals surface area (Å²) < 4.78 is 10.8. The number of guanidine groups is 1. The molecular formula is C20H32IN5O2S. The van der Waals surface area contributed by atoms with E-state index in [0.717, 1.165) is 63.2 Å². The average molecular weight is 533 g/mol. The summed E-state index contributed by atoms with van der Waals surface area (Å²) in [6.45, 7) is 11.2. The SMILES string of the molecule is CN=C(NCCc1c(C)noc1C)NCC(c1ccc(C)s1)N1CCOCC1.I. The molecule has 0 amide bonds. The van der Waals surface area contributed by atoms with Crippen molar-refractivity contribution in [2.45, 2.75) is 33.2 Å². The van der Waals surface area contributed by atoms with Gasteiger partial charge in [-0.05, 0) is 39.3 Å². The number of aromatic nitrogens is 1. The predicted octanol–water partition coefficient (Wildman–Crippen LogP) is 3.06. The second kappa shape index (κ2) is 11.9. The summed E-state index contributed by atoms with van der Waals surface area (Å²) in [5, 5.41) is 10.9. The molecule has 7 nitrogen and oxygen atoms in total. The number of aliphatic imine (C=N–C) groups is 1. The summed E-state index contributed by atoms with van der Waals surface area (Å²) in [4.78, 5) is 9.61. The third-order valence-corrected chi connectivity index (χ3v) is 6.21. The van der Waals surface area contributed by atoms with E-state index in [1.54, 1.807) is 0 Å². The van der Waals surface area contributed by atoms with Crippen LogP contribution in [-0.4, -0.2) is 62.5 Å². The Morgan fingerprint density at radius 2 is 2.00 bits per heavy atom. The van der Waals surface area contributed by atoms with Crippen molar-refractivity contribution < 1.29 is 9.26 Å². The van der Waals surface area contributed by atoms with Crippen molar-refractivity contribution in [3.05, 3.63) is 38.9 Å². The number of hydrogen-bond acceptors (Lipinski definition) is 6. The van der Waals surface area contributed by atoms with Crippen LogP contribution in [-0.2, 0) is 11.2 Å². The molecule has 2 aromatic rings. The maximum Gasteiger partial charge on any atom is 0.191 e. The smallest absolute Gasteiger partial charge is 0.191 e. The fourth-order valence-electron chi connectivity index (χ4n) is 3.51. The molecule has 9 heteroatoms. The summed E-state index contributed by atoms with van der Waals surface area (Å²) in [5.74, 6) is 1.71. The molecule has 3 heterocycles. The van der Waals surface area contributed by atoms with Crippen LogP contribution in [0.2, 0.25) is 0 Å². The van der Waals surface area contributed by atoms with Gasteiger partial charge < -0.3 is 19.9 Å². The number of morpholine rings is 1. The monoisotopic (exact) mass is 533 g/mol. The van der Waals surface area contributed by atoms with Crippen LogP contribution in [0.25, 0.3) is 0 Å². The zero-order chi connectivity index (χ0) is 19.9. The molecule has 0 bridgehead atoms. The molecule has 2 N–H and O–H groups in total. The number of rotatable bonds is 7. The van der Waals surface area contributed by atoms with Gasteiger partial charge in [0, 0.05) is 48.5 Å². The van der Waals surface area contributed by atoms with Crippen LogP contribution in [0.1, 0.15) is 32.8 Å². The van der Waals surface area contributed by atoms with Crippen molar-refractivity contribution in [3.63, 3.8) is 0 Å². The van der Waals surface area contributed by atoms with Crippen LogP contribution in [0.15, 0.2) is 21.6 Å². The largest absolute Gasteiger partial charge is 0.379 e. The van der Waals surface area contributed by atoms with Crippen molar-refractivity contribution in [1.29, 1.82) is 0 Å². The van der Waals surface area contributed by atoms with Gasteiger partial charge >= 0.3 is 0 Å². The zero-order valence-corrected chi connectivity index (χ0v) is 20.8. The Morgan fingerprint density at radius 3 is 2.59 bits per heavy atom. The van der Waals surface area contributed by atoms with Gasteiger partial charge in [0.05, 0.1) is 24.9 Å². The minimum Gasteiger partial charge on any atom is -0.379 e. The van der Waals surface area contributed by atoms with Gasteiger partial charge in [0.2, 0.25) is 0 Å². The molecule has 1 atom stereocenters. The zero-order valence-electron chi connectivity index (χ0n) is 17.7. The van der Waals surface area contributed by atoms with Gasteiger partial charge in [-0.25, -0.2) is 0 Å². The molecule has 3 rings (SSSR count). The molecule has 2 aromatic heterocycles. The van der Waals surface area contributed by atoms with Crippen molar-refractivity contribution in [2.24, 2.45) is 4.99 Å². The molecule has 1 saturated heterocycles. The number of halogens is 1. The third kappa shape index (κ3) is 6.66. The van der Waals surface area contributed by atoms with E-state index in [4.69, 9.17) is 9.26 Å². The molecule has 0 radical (unpaired) electrons. The lowest BCUT2D eigenvalue weighted by Crippen LogP contribution is -2.46. The van der Waals surface area contributed by atoms with E-state index in [2.05, 4.69) is 44.7 Å². The second-order valence-corrected chi connectivity index (χ2v) is 8.36. The highest BCUT2D eigenvalue weighted by Crippen LogP contribution is 2.27. The minimum absolute atomic E-state index is 0. The molecule has 1 aliphatic rings. The van der Waals surface area contributed by atoms with Crippen LogP contribution in [0, 0.1) is 20.8 Å². The summed E-state index contributed by atoms with van der Waals surface area (Å²) in [5.41, 5.74) is 2.13. The van der Waals surface area contributed by atoms with Gasteiger partial charge in [-0.15, -0.1) is 35.3 Å². The molecule has 1 unspecified atom stereocenters. The fraction of sp³-hybridized carbons (Fsp3) is 0.600. The third-order valence-electron chi connectivity index (χ3n) is 5.11. The van der Waals surface area contributed by atoms with Gasteiger partial charge in [0.25, 0.3) is 0 Å². The molecular weight excluding hydrogens is 501 g/mol. The first-order valence-electron chi connectivity index (χ1n) is 9.83. The van der Waals surface area contributed by atoms with Gasteiger partial charge in [-0.3, -0.25) is 9.89 Å². The summed E-state index contributed by atoms with van der Waals surface area (Å²) in [6, 6.07) is 4.77. The standard InChI is InChI=1S/C20H31N5O2S.HI/c1-14-5-6-19(28-14)18(25-9-11-26-12-10-25)13-23-20(21-4)22-8-7-17-15(2)24-27-16(17)3;/h5-6,18H,7-13H2,1-4H3,(H2,21,22,23);1H. The van der Waals surface area contributed by atoms with Crippen molar-refractivity contribution in [1.82, 2.24) is 20.7 Å². The quantitative estimate of drug-likeness (QED) is 0.324. The van der Waals surface area contributed by atoms with E-state index in [9.17, 15) is 0 Å². The topological polar surface area (TPSA) is 74.9 Å². The average Bonchev–Trinajstić information content (AvgIpc) is 3.27. The van der Waals surface area contributed by atoms with Crippen LogP contribution >= 0.6 is 35.3 Å². The molecule has 0 aromatic carbocycles. The maximum absolute atomic E-state index is 5.54. The maximum atomic E-state index is 5.54. The van der Waals surface area contributed by atoms with E-state index in [1.807, 2.05) is 32.2 Å². The number of nitrogens with zero attached hydrogens (tertiary/aromatic N) is 3. The van der Waals surface area contributed by atoms with Gasteiger partial charge in [-0.2, -0.15) is 0 Å². The second-order valence-electron chi connectivity index (χ2n) is 7.05. The summed E-state index contributed by atoms with van der Waals surface area (Å²) >= 11 is 1.87. The van der Waals surface area contributed by atoms with Gasteiger partial charge in [0.15, 0.2) is 5.96 Å². The first-order valence-corrected chi connectivity index (χ1v) is 10.6. The highest BCUT2D eigenvalue weighted by molar-refractivity contribution is 14.0. The molecule has 0 spiro atoms. The highest BCUT2D eigenvalue weighted by Gasteiger charge is 2.24. The Morgan fingerprint density at radius 1 is 1.24 bits per heavy atom. The van der Waals surface area contributed by atoms with E-state index in [0.29, 0.717) is 6.04 Å². The van der Waals surface area contributed by atoms with E-state index >= 15 is 0 Å². The summed E-state index contributed by atoms with van der Waals surface area (Å²) in [7, 11) is 1.81. The van der Waals surface area contributed by atoms with Crippen LogP contribution in [0.5, 0.6) is 0 Å². The molecule has 29 heavy (non-hydrogen) atoms. The first-order chi connectivity index (χ1) is 13.6. The van der Waals surface area contributed by atoms with Crippen LogP contribution in [0.4, 0.5) is 0 Å². The van der Waals surface area contributed by atoms with E-state index < -0.39 is 0 Å². The highest BCUT2D eigenvalue weighted by atomic mass is 127.